The van der Waals surface area contributed by atoms with Crippen LogP contribution in [0.3, 0.4) is 0 Å². The third kappa shape index (κ3) is 4.39. The van der Waals surface area contributed by atoms with Crippen molar-refractivity contribution in [2.45, 2.75) is 57.3 Å². The summed E-state index contributed by atoms with van der Waals surface area (Å²) in [6.07, 6.45) is 11.9. The fourth-order valence-corrected chi connectivity index (χ4v) is 6.83. The van der Waals surface area contributed by atoms with E-state index in [1.807, 2.05) is 36.7 Å². The van der Waals surface area contributed by atoms with Gasteiger partial charge in [0, 0.05) is 66.7 Å². The summed E-state index contributed by atoms with van der Waals surface area (Å²) in [5.41, 5.74) is 7.47. The third-order valence-electron chi connectivity index (χ3n) is 9.09. The van der Waals surface area contributed by atoms with Gasteiger partial charge in [-0.05, 0) is 55.7 Å². The van der Waals surface area contributed by atoms with Gasteiger partial charge >= 0.3 is 12.1 Å². The molecule has 1 aromatic carbocycles. The zero-order valence-electron chi connectivity index (χ0n) is 24.1. The van der Waals surface area contributed by atoms with E-state index in [1.165, 1.54) is 20.0 Å². The van der Waals surface area contributed by atoms with E-state index in [0.717, 1.165) is 75.2 Å². The average Bonchev–Trinajstić information content (AvgIpc) is 3.35. The number of H-pyrrole nitrogens is 1. The van der Waals surface area contributed by atoms with Crippen molar-refractivity contribution < 1.29 is 14.3 Å². The van der Waals surface area contributed by atoms with Crippen LogP contribution < -0.4 is 15.5 Å². The summed E-state index contributed by atoms with van der Waals surface area (Å²) in [7, 11) is 3.26. The van der Waals surface area contributed by atoms with Gasteiger partial charge in [-0.15, -0.1) is 0 Å². The number of methoxy groups -OCH3 is 1. The van der Waals surface area contributed by atoms with Crippen LogP contribution in [0.2, 0.25) is 0 Å². The number of carbonyl (C=O) groups excluding carboxylic acids is 2. The number of anilines is 1. The van der Waals surface area contributed by atoms with Crippen molar-refractivity contribution in [1.82, 2.24) is 40.2 Å². The van der Waals surface area contributed by atoms with E-state index < -0.39 is 6.09 Å². The van der Waals surface area contributed by atoms with Crippen molar-refractivity contribution in [3.63, 3.8) is 0 Å². The first kappa shape index (κ1) is 25.8. The summed E-state index contributed by atoms with van der Waals surface area (Å²) in [5.74, 6) is 0.723. The number of rotatable bonds is 6. The SMILES string of the molecule is COC(=O)N[C@@H]1CC[C@@H](N2C(=O)NCc3cnc4[nH]c(-c5cnn(C)c5)c(-c5ccc6c(cnn6CC6CC6)c5)c4c32)C1. The van der Waals surface area contributed by atoms with Crippen LogP contribution in [0.1, 0.15) is 37.7 Å². The van der Waals surface area contributed by atoms with Crippen molar-refractivity contribution >= 4 is 39.7 Å². The fraction of sp³-hybridized carbons (Fsp3) is 0.387. The molecule has 5 heterocycles. The number of fused-ring (bicyclic) bond motifs is 4. The van der Waals surface area contributed by atoms with E-state index in [9.17, 15) is 9.59 Å². The molecule has 2 atom stereocenters. The number of aromatic amines is 1. The molecule has 3 amide bonds. The monoisotopic (exact) mass is 579 g/mol. The van der Waals surface area contributed by atoms with E-state index in [1.54, 1.807) is 4.68 Å². The highest BCUT2D eigenvalue weighted by Gasteiger charge is 2.39. The number of nitrogens with one attached hydrogen (secondary N) is 3. The molecular formula is C31H33N9O3. The van der Waals surface area contributed by atoms with Crippen molar-refractivity contribution in [3.8, 4) is 22.4 Å². The Kier molecular flexibility index (Phi) is 5.92. The van der Waals surface area contributed by atoms with Crippen LogP contribution in [0.4, 0.5) is 15.3 Å². The molecule has 8 rings (SSSR count). The molecule has 0 spiro atoms. The summed E-state index contributed by atoms with van der Waals surface area (Å²) >= 11 is 0. The molecule has 5 aromatic rings. The normalized spacial score (nSPS) is 20.0. The number of hydrogen-bond donors (Lipinski definition) is 3. The minimum Gasteiger partial charge on any atom is -0.453 e. The van der Waals surface area contributed by atoms with Gasteiger partial charge in [-0.2, -0.15) is 10.2 Å². The summed E-state index contributed by atoms with van der Waals surface area (Å²) < 4.78 is 8.72. The molecule has 0 saturated heterocycles. The van der Waals surface area contributed by atoms with Gasteiger partial charge in [0.15, 0.2) is 0 Å². The maximum absolute atomic E-state index is 13.6. The molecule has 43 heavy (non-hydrogen) atoms. The number of ether oxygens (including phenoxy) is 1. The van der Waals surface area contributed by atoms with Crippen LogP contribution in [0.25, 0.3) is 44.3 Å². The topological polar surface area (TPSA) is 135 Å². The molecule has 3 aliphatic rings. The highest BCUT2D eigenvalue weighted by molar-refractivity contribution is 6.14. The maximum Gasteiger partial charge on any atom is 0.407 e. The minimum atomic E-state index is -0.453. The predicted molar refractivity (Wildman–Crippen MR) is 161 cm³/mol. The van der Waals surface area contributed by atoms with Crippen molar-refractivity contribution in [3.05, 3.63) is 48.5 Å². The number of carbonyl (C=O) groups is 2. The van der Waals surface area contributed by atoms with Crippen molar-refractivity contribution in [2.75, 3.05) is 12.0 Å². The molecule has 12 heteroatoms. The first-order valence-electron chi connectivity index (χ1n) is 14.9. The summed E-state index contributed by atoms with van der Waals surface area (Å²) in [5, 5.41) is 17.1. The number of pyridine rings is 1. The highest BCUT2D eigenvalue weighted by Crippen LogP contribution is 2.46. The molecule has 1 aliphatic heterocycles. The molecule has 2 fully saturated rings. The van der Waals surface area contributed by atoms with E-state index in [-0.39, 0.29) is 18.1 Å². The molecule has 0 radical (unpaired) electrons. The van der Waals surface area contributed by atoms with Gasteiger partial charge in [-0.1, -0.05) is 6.07 Å². The molecule has 0 bridgehead atoms. The number of nitrogens with zero attached hydrogens (tertiary/aromatic N) is 6. The second-order valence-electron chi connectivity index (χ2n) is 12.0. The number of aryl methyl sites for hydroxylation is 1. The Hall–Kier alpha value is -4.87. The summed E-state index contributed by atoms with van der Waals surface area (Å²) in [6, 6.07) is 6.18. The number of urea groups is 1. The number of hydrogen-bond acceptors (Lipinski definition) is 6. The van der Waals surface area contributed by atoms with Crippen LogP contribution >= 0.6 is 0 Å². The van der Waals surface area contributed by atoms with Crippen LogP contribution in [-0.4, -0.2) is 60.8 Å². The largest absolute Gasteiger partial charge is 0.453 e. The lowest BCUT2D eigenvalue weighted by molar-refractivity contribution is 0.166. The lowest BCUT2D eigenvalue weighted by Gasteiger charge is -2.35. The standard InChI is InChI=1S/C31H33N9O3/c1-38-16-21(14-34-38)27-25(18-5-8-24-19(9-18)13-35-39(24)15-17-3-4-17)26-28-20(11-32-29(26)37-27)12-33-30(41)40(28)23-7-6-22(10-23)36-31(42)43-2/h5,8-9,11,13-14,16-17,22-23H,3-4,6-7,10,12,15H2,1-2H3,(H,32,37)(H,33,41)(H,36,42)/t22-,23-/m1/s1. The molecule has 4 aromatic heterocycles. The van der Waals surface area contributed by atoms with Gasteiger partial charge in [0.25, 0.3) is 0 Å². The molecule has 2 saturated carbocycles. The number of aromatic nitrogens is 6. The van der Waals surface area contributed by atoms with Gasteiger partial charge < -0.3 is 20.4 Å². The minimum absolute atomic E-state index is 0.0702. The Morgan fingerprint density at radius 2 is 2.00 bits per heavy atom. The highest BCUT2D eigenvalue weighted by atomic mass is 16.5. The van der Waals surface area contributed by atoms with Crippen LogP contribution in [0, 0.1) is 5.92 Å². The van der Waals surface area contributed by atoms with E-state index in [2.05, 4.69) is 43.6 Å². The van der Waals surface area contributed by atoms with Crippen molar-refractivity contribution in [2.24, 2.45) is 13.0 Å². The molecule has 2 aliphatic carbocycles. The van der Waals surface area contributed by atoms with Gasteiger partial charge in [0.2, 0.25) is 0 Å². The van der Waals surface area contributed by atoms with Crippen LogP contribution in [-0.2, 0) is 24.9 Å². The van der Waals surface area contributed by atoms with Gasteiger partial charge in [-0.25, -0.2) is 14.6 Å². The molecule has 3 N–H and O–H groups in total. The van der Waals surface area contributed by atoms with Crippen molar-refractivity contribution in [1.29, 1.82) is 0 Å². The number of alkyl carbamates (subject to hydrolysis) is 1. The van der Waals surface area contributed by atoms with Gasteiger partial charge in [-0.3, -0.25) is 14.3 Å². The Balaban J connectivity index is 1.30. The third-order valence-corrected chi connectivity index (χ3v) is 9.09. The maximum atomic E-state index is 13.6. The molecule has 220 valence electrons. The van der Waals surface area contributed by atoms with E-state index >= 15 is 0 Å². The lowest BCUT2D eigenvalue weighted by Crippen LogP contribution is -2.49. The van der Waals surface area contributed by atoms with E-state index in [0.29, 0.717) is 18.6 Å². The van der Waals surface area contributed by atoms with Gasteiger partial charge in [0.1, 0.15) is 5.65 Å². The Bertz CT molecular complexity index is 1900. The Labute approximate surface area is 247 Å². The van der Waals surface area contributed by atoms with E-state index in [4.69, 9.17) is 14.8 Å². The Morgan fingerprint density at radius 1 is 1.12 bits per heavy atom. The quantitative estimate of drug-likeness (QED) is 0.267. The predicted octanol–water partition coefficient (Wildman–Crippen LogP) is 4.70. The second kappa shape index (κ2) is 9.85. The number of benzene rings is 1. The smallest absolute Gasteiger partial charge is 0.407 e. The molecule has 12 nitrogen and oxygen atoms in total. The number of amides is 3. The summed E-state index contributed by atoms with van der Waals surface area (Å²) in [6.45, 7) is 1.34. The fourth-order valence-electron chi connectivity index (χ4n) is 6.83. The second-order valence-corrected chi connectivity index (χ2v) is 12.0. The van der Waals surface area contributed by atoms with Crippen LogP contribution in [0.15, 0.2) is 43.0 Å². The lowest BCUT2D eigenvalue weighted by atomic mass is 9.96. The zero-order valence-corrected chi connectivity index (χ0v) is 24.1. The zero-order chi connectivity index (χ0) is 29.2. The average molecular weight is 580 g/mol. The summed E-state index contributed by atoms with van der Waals surface area (Å²) in [4.78, 5) is 35.9. The first-order valence-corrected chi connectivity index (χ1v) is 14.9. The van der Waals surface area contributed by atoms with Crippen LogP contribution in [0.5, 0.6) is 0 Å². The molecule has 0 unspecified atom stereocenters. The van der Waals surface area contributed by atoms with Gasteiger partial charge in [0.05, 0.1) is 41.8 Å². The first-order chi connectivity index (χ1) is 21.0. The molecular weight excluding hydrogens is 546 g/mol. The Morgan fingerprint density at radius 3 is 2.79 bits per heavy atom.